The Morgan fingerprint density at radius 3 is 2.67 bits per heavy atom. The number of carbonyl (C=O) groups excluding carboxylic acids is 1. The monoisotopic (exact) mass is 290 g/mol. The van der Waals surface area contributed by atoms with Crippen molar-refractivity contribution in [2.75, 3.05) is 19.7 Å². The molecule has 4 heteroatoms. The van der Waals surface area contributed by atoms with Gasteiger partial charge in [-0.3, -0.25) is 0 Å². The summed E-state index contributed by atoms with van der Waals surface area (Å²) in [6.07, 6.45) is 8.38. The quantitative estimate of drug-likeness (QED) is 0.646. The summed E-state index contributed by atoms with van der Waals surface area (Å²) in [5, 5.41) is 0. The number of aromatic nitrogens is 1. The lowest BCUT2D eigenvalue weighted by Crippen LogP contribution is -2.23. The molecule has 1 aliphatic rings. The fourth-order valence-electron chi connectivity index (χ4n) is 3.04. The zero-order chi connectivity index (χ0) is 15.2. The van der Waals surface area contributed by atoms with Crippen LogP contribution in [0.5, 0.6) is 0 Å². The Bertz CT molecular complexity index is 513. The molecule has 0 saturated heterocycles. The van der Waals surface area contributed by atoms with Gasteiger partial charge in [-0.05, 0) is 52.0 Å². The molecular weight excluding hydrogens is 264 g/mol. The van der Waals surface area contributed by atoms with Gasteiger partial charge in [-0.1, -0.05) is 0 Å². The number of H-pyrrole nitrogens is 1. The Labute approximate surface area is 127 Å². The van der Waals surface area contributed by atoms with E-state index in [4.69, 9.17) is 4.74 Å². The Morgan fingerprint density at radius 2 is 2.00 bits per heavy atom. The molecule has 1 heterocycles. The third-order valence-corrected chi connectivity index (χ3v) is 4.10. The molecule has 0 fully saturated rings. The summed E-state index contributed by atoms with van der Waals surface area (Å²) in [6.45, 7) is 8.22. The second kappa shape index (κ2) is 7.34. The van der Waals surface area contributed by atoms with E-state index in [1.165, 1.54) is 29.7 Å². The van der Waals surface area contributed by atoms with Crippen molar-refractivity contribution >= 4 is 11.7 Å². The Hall–Kier alpha value is -1.71. The second-order valence-corrected chi connectivity index (χ2v) is 5.32. The third kappa shape index (κ3) is 3.49. The molecule has 0 aromatic carbocycles. The van der Waals surface area contributed by atoms with Crippen molar-refractivity contribution in [3.8, 4) is 0 Å². The third-order valence-electron chi connectivity index (χ3n) is 4.10. The van der Waals surface area contributed by atoms with Crippen molar-refractivity contribution in [2.45, 2.75) is 46.5 Å². The molecule has 0 amide bonds. The van der Waals surface area contributed by atoms with Gasteiger partial charge in [-0.15, -0.1) is 0 Å². The highest BCUT2D eigenvalue weighted by Crippen LogP contribution is 2.30. The molecule has 2 rings (SSSR count). The maximum absolute atomic E-state index is 11.9. The Kier molecular flexibility index (Phi) is 5.48. The van der Waals surface area contributed by atoms with Gasteiger partial charge in [0.25, 0.3) is 0 Å². The first-order valence-corrected chi connectivity index (χ1v) is 8.04. The number of rotatable bonds is 6. The number of nitrogens with one attached hydrogen (secondary N) is 1. The van der Waals surface area contributed by atoms with Gasteiger partial charge in [0.15, 0.2) is 0 Å². The molecule has 116 valence electrons. The van der Waals surface area contributed by atoms with E-state index in [0.29, 0.717) is 6.61 Å². The highest BCUT2D eigenvalue weighted by atomic mass is 16.5. The van der Waals surface area contributed by atoms with Crippen LogP contribution in [-0.2, 0) is 22.4 Å². The first-order chi connectivity index (χ1) is 10.2. The molecule has 1 N–H and O–H groups in total. The minimum absolute atomic E-state index is 0.259. The van der Waals surface area contributed by atoms with Gasteiger partial charge < -0.3 is 14.6 Å². The molecule has 0 radical (unpaired) electrons. The maximum atomic E-state index is 11.9. The van der Waals surface area contributed by atoms with Crippen molar-refractivity contribution < 1.29 is 9.53 Å². The Morgan fingerprint density at radius 1 is 1.29 bits per heavy atom. The SMILES string of the molecule is CCOC(=O)/C=C(\c1c[nH]c2c1CCCC2)N(CC)CC. The summed E-state index contributed by atoms with van der Waals surface area (Å²) in [5.41, 5.74) is 4.86. The molecule has 0 unspecified atom stereocenters. The molecule has 0 saturated carbocycles. The van der Waals surface area contributed by atoms with Gasteiger partial charge in [0, 0.05) is 36.6 Å². The summed E-state index contributed by atoms with van der Waals surface area (Å²) >= 11 is 0. The summed E-state index contributed by atoms with van der Waals surface area (Å²) in [4.78, 5) is 17.5. The van der Waals surface area contributed by atoms with E-state index >= 15 is 0 Å². The average Bonchev–Trinajstić information content (AvgIpc) is 2.91. The van der Waals surface area contributed by atoms with Gasteiger partial charge in [-0.25, -0.2) is 4.79 Å². The Balaban J connectivity index is 2.39. The topological polar surface area (TPSA) is 45.3 Å². The highest BCUT2D eigenvalue weighted by Gasteiger charge is 2.21. The fourth-order valence-corrected chi connectivity index (χ4v) is 3.04. The van der Waals surface area contributed by atoms with E-state index in [2.05, 4.69) is 29.9 Å². The van der Waals surface area contributed by atoms with Crippen LogP contribution < -0.4 is 0 Å². The highest BCUT2D eigenvalue weighted by molar-refractivity contribution is 5.91. The molecule has 1 aromatic rings. The number of aryl methyl sites for hydroxylation is 1. The zero-order valence-electron chi connectivity index (χ0n) is 13.4. The first-order valence-electron chi connectivity index (χ1n) is 8.04. The van der Waals surface area contributed by atoms with E-state index in [1.54, 1.807) is 6.08 Å². The van der Waals surface area contributed by atoms with Crippen molar-refractivity contribution in [1.82, 2.24) is 9.88 Å². The number of aromatic amines is 1. The minimum atomic E-state index is -0.259. The summed E-state index contributed by atoms with van der Waals surface area (Å²) in [7, 11) is 0. The van der Waals surface area contributed by atoms with Crippen molar-refractivity contribution in [3.05, 3.63) is 29.1 Å². The van der Waals surface area contributed by atoms with Crippen molar-refractivity contribution in [3.63, 3.8) is 0 Å². The number of hydrogen-bond donors (Lipinski definition) is 1. The first kappa shape index (κ1) is 15.7. The molecule has 0 aliphatic heterocycles. The van der Waals surface area contributed by atoms with Crippen LogP contribution in [0.1, 0.15) is 50.4 Å². The van der Waals surface area contributed by atoms with E-state index in [0.717, 1.165) is 31.6 Å². The average molecular weight is 290 g/mol. The van der Waals surface area contributed by atoms with Gasteiger partial charge >= 0.3 is 5.97 Å². The molecule has 1 aromatic heterocycles. The number of ether oxygens (including phenoxy) is 1. The van der Waals surface area contributed by atoms with Crippen LogP contribution in [-0.4, -0.2) is 35.5 Å². The van der Waals surface area contributed by atoms with Crippen LogP contribution in [0.2, 0.25) is 0 Å². The number of esters is 1. The molecule has 4 nitrogen and oxygen atoms in total. The lowest BCUT2D eigenvalue weighted by atomic mass is 9.93. The lowest BCUT2D eigenvalue weighted by Gasteiger charge is -2.25. The minimum Gasteiger partial charge on any atom is -0.463 e. The summed E-state index contributed by atoms with van der Waals surface area (Å²) in [6, 6.07) is 0. The predicted molar refractivity (Wildman–Crippen MR) is 85.0 cm³/mol. The van der Waals surface area contributed by atoms with Crippen LogP contribution >= 0.6 is 0 Å². The molecular formula is C17H26N2O2. The second-order valence-electron chi connectivity index (χ2n) is 5.32. The summed E-state index contributed by atoms with van der Waals surface area (Å²) < 4.78 is 5.10. The van der Waals surface area contributed by atoms with Crippen LogP contribution in [0, 0.1) is 0 Å². The number of carbonyl (C=O) groups is 1. The van der Waals surface area contributed by atoms with Gasteiger partial charge in [-0.2, -0.15) is 0 Å². The van der Waals surface area contributed by atoms with E-state index in [-0.39, 0.29) is 5.97 Å². The van der Waals surface area contributed by atoms with Crippen LogP contribution in [0.25, 0.3) is 5.70 Å². The van der Waals surface area contributed by atoms with E-state index in [1.807, 2.05) is 6.92 Å². The fraction of sp³-hybridized carbons (Fsp3) is 0.588. The number of hydrogen-bond acceptors (Lipinski definition) is 3. The van der Waals surface area contributed by atoms with E-state index in [9.17, 15) is 4.79 Å². The predicted octanol–water partition coefficient (Wildman–Crippen LogP) is 3.14. The van der Waals surface area contributed by atoms with Crippen LogP contribution in [0.15, 0.2) is 12.3 Å². The zero-order valence-corrected chi connectivity index (χ0v) is 13.4. The van der Waals surface area contributed by atoms with Crippen LogP contribution in [0.3, 0.4) is 0 Å². The van der Waals surface area contributed by atoms with E-state index < -0.39 is 0 Å². The molecule has 21 heavy (non-hydrogen) atoms. The van der Waals surface area contributed by atoms with Gasteiger partial charge in [0.1, 0.15) is 0 Å². The molecule has 0 atom stereocenters. The van der Waals surface area contributed by atoms with Crippen LogP contribution in [0.4, 0.5) is 0 Å². The molecule has 0 spiro atoms. The van der Waals surface area contributed by atoms with Gasteiger partial charge in [0.2, 0.25) is 0 Å². The normalized spacial score (nSPS) is 14.7. The lowest BCUT2D eigenvalue weighted by molar-refractivity contribution is -0.137. The smallest absolute Gasteiger partial charge is 0.332 e. The number of nitrogens with zero attached hydrogens (tertiary/aromatic N) is 1. The maximum Gasteiger partial charge on any atom is 0.332 e. The van der Waals surface area contributed by atoms with Crippen molar-refractivity contribution in [1.29, 1.82) is 0 Å². The standard InChI is InChI=1S/C17H26N2O2/c1-4-19(5-2)16(11-17(20)21-6-3)14-12-18-15-10-8-7-9-13(14)15/h11-12,18H,4-10H2,1-3H3/b16-11+. The number of fused-ring (bicyclic) bond motifs is 1. The molecule has 0 bridgehead atoms. The summed E-state index contributed by atoms with van der Waals surface area (Å²) in [5.74, 6) is -0.259. The molecule has 1 aliphatic carbocycles. The van der Waals surface area contributed by atoms with Gasteiger partial charge in [0.05, 0.1) is 12.3 Å². The van der Waals surface area contributed by atoms with Crippen molar-refractivity contribution in [2.24, 2.45) is 0 Å². The largest absolute Gasteiger partial charge is 0.463 e.